The number of quaternary nitrogens is 1. The zero-order valence-corrected chi connectivity index (χ0v) is 14.1. The molecule has 0 N–H and O–H groups in total. The Labute approximate surface area is 140 Å². The molecule has 0 amide bonds. The summed E-state index contributed by atoms with van der Waals surface area (Å²) in [5.74, 6) is 0. The van der Waals surface area contributed by atoms with Crippen LogP contribution >= 0.6 is 0 Å². The van der Waals surface area contributed by atoms with Crippen molar-refractivity contribution in [3.63, 3.8) is 0 Å². The van der Waals surface area contributed by atoms with E-state index in [1.165, 1.54) is 59.9 Å². The second kappa shape index (κ2) is 7.61. The van der Waals surface area contributed by atoms with Crippen LogP contribution in [0.2, 0.25) is 0 Å². The molecule has 120 valence electrons. The van der Waals surface area contributed by atoms with Crippen LogP contribution in [0.3, 0.4) is 0 Å². The summed E-state index contributed by atoms with van der Waals surface area (Å²) in [4.78, 5) is 0. The molecule has 23 heavy (non-hydrogen) atoms. The van der Waals surface area contributed by atoms with Gasteiger partial charge in [0.2, 0.25) is 0 Å². The van der Waals surface area contributed by atoms with E-state index in [4.69, 9.17) is 0 Å². The summed E-state index contributed by atoms with van der Waals surface area (Å²) in [6.45, 7) is 8.85. The van der Waals surface area contributed by atoms with Gasteiger partial charge in [0, 0.05) is 11.1 Å². The van der Waals surface area contributed by atoms with Crippen LogP contribution in [0.5, 0.6) is 0 Å². The van der Waals surface area contributed by atoms with E-state index in [1.807, 2.05) is 6.08 Å². The monoisotopic (exact) mass is 306 g/mol. The lowest BCUT2D eigenvalue weighted by molar-refractivity contribution is -0.953. The average molecular weight is 306 g/mol. The van der Waals surface area contributed by atoms with Crippen LogP contribution < -0.4 is 0 Å². The van der Waals surface area contributed by atoms with Crippen molar-refractivity contribution in [1.82, 2.24) is 0 Å². The number of benzene rings is 2. The van der Waals surface area contributed by atoms with E-state index < -0.39 is 0 Å². The van der Waals surface area contributed by atoms with Crippen molar-refractivity contribution in [2.45, 2.75) is 38.8 Å². The lowest BCUT2D eigenvalue weighted by Gasteiger charge is -2.38. The van der Waals surface area contributed by atoms with Crippen molar-refractivity contribution in [3.8, 4) is 0 Å². The largest absolute Gasteiger partial charge is 0.316 e. The molecule has 0 bridgehead atoms. The predicted octanol–water partition coefficient (Wildman–Crippen LogP) is 5.42. The van der Waals surface area contributed by atoms with Gasteiger partial charge in [0.1, 0.15) is 13.1 Å². The van der Waals surface area contributed by atoms with Gasteiger partial charge in [-0.25, -0.2) is 0 Å². The highest BCUT2D eigenvalue weighted by atomic mass is 15.3. The summed E-state index contributed by atoms with van der Waals surface area (Å²) in [6, 6.07) is 19.8. The first-order valence-corrected chi connectivity index (χ1v) is 8.91. The summed E-state index contributed by atoms with van der Waals surface area (Å²) in [6.07, 6.45) is 7.48. The Balaban J connectivity index is 1.89. The van der Waals surface area contributed by atoms with E-state index in [9.17, 15) is 0 Å². The minimum atomic E-state index is 1.12. The lowest BCUT2D eigenvalue weighted by Crippen LogP contribution is -2.47. The molecule has 3 rings (SSSR count). The van der Waals surface area contributed by atoms with Gasteiger partial charge in [-0.1, -0.05) is 67.3 Å². The predicted molar refractivity (Wildman–Crippen MR) is 98.8 cm³/mol. The summed E-state index contributed by atoms with van der Waals surface area (Å²) in [5.41, 5.74) is 4.20. The van der Waals surface area contributed by atoms with Crippen LogP contribution in [0, 0.1) is 0 Å². The van der Waals surface area contributed by atoms with Gasteiger partial charge in [-0.05, 0) is 31.2 Å². The smallest absolute Gasteiger partial charge is 0.105 e. The molecule has 0 radical (unpaired) electrons. The van der Waals surface area contributed by atoms with Gasteiger partial charge in [-0.15, -0.1) is 0 Å². The zero-order valence-electron chi connectivity index (χ0n) is 14.1. The lowest BCUT2D eigenvalue weighted by atomic mass is 10.0. The SMILES string of the molecule is C=Cc1ccccc1C[N+]1(Cc2ccccc2)CCCCCC1. The van der Waals surface area contributed by atoms with Crippen LogP contribution in [0.1, 0.15) is 42.4 Å². The number of rotatable bonds is 5. The standard InChI is InChI=1S/C22H28N/c1-2-21-14-8-9-15-22(21)19-23(16-10-3-4-11-17-23)18-20-12-6-5-7-13-20/h2,5-9,12-15H,1,3-4,10-11,16-19H2/q+1. The highest BCUT2D eigenvalue weighted by Crippen LogP contribution is 2.27. The first kappa shape index (κ1) is 16.0. The first-order chi connectivity index (χ1) is 11.3. The van der Waals surface area contributed by atoms with Crippen molar-refractivity contribution in [1.29, 1.82) is 0 Å². The number of hydrogen-bond donors (Lipinski definition) is 0. The fourth-order valence-corrected chi connectivity index (χ4v) is 3.94. The minimum Gasteiger partial charge on any atom is -0.316 e. The van der Waals surface area contributed by atoms with Crippen molar-refractivity contribution >= 4 is 6.08 Å². The molecule has 2 aromatic carbocycles. The van der Waals surface area contributed by atoms with Gasteiger partial charge >= 0.3 is 0 Å². The second-order valence-electron chi connectivity index (χ2n) is 6.91. The van der Waals surface area contributed by atoms with Crippen molar-refractivity contribution < 1.29 is 4.48 Å². The number of nitrogens with zero attached hydrogens (tertiary/aromatic N) is 1. The molecule has 1 heteroatoms. The van der Waals surface area contributed by atoms with Gasteiger partial charge in [0.05, 0.1) is 13.1 Å². The topological polar surface area (TPSA) is 0 Å². The quantitative estimate of drug-likeness (QED) is 0.647. The Morgan fingerprint density at radius 3 is 2.13 bits per heavy atom. The zero-order chi connectivity index (χ0) is 16.0. The fourth-order valence-electron chi connectivity index (χ4n) is 3.94. The highest BCUT2D eigenvalue weighted by molar-refractivity contribution is 5.51. The van der Waals surface area contributed by atoms with Gasteiger partial charge in [0.15, 0.2) is 0 Å². The molecular formula is C22H28N+. The number of likely N-dealkylation sites (tertiary alicyclic amines) is 1. The van der Waals surface area contributed by atoms with Gasteiger partial charge in [-0.3, -0.25) is 0 Å². The van der Waals surface area contributed by atoms with Gasteiger partial charge < -0.3 is 4.48 Å². The normalized spacial score (nSPS) is 17.4. The Bertz CT molecular complexity index is 621. The molecule has 0 saturated carbocycles. The molecule has 0 aromatic heterocycles. The summed E-state index contributed by atoms with van der Waals surface area (Å²) >= 11 is 0. The number of hydrogen-bond acceptors (Lipinski definition) is 0. The maximum atomic E-state index is 4.00. The van der Waals surface area contributed by atoms with Crippen molar-refractivity contribution in [2.75, 3.05) is 13.1 Å². The van der Waals surface area contributed by atoms with Crippen molar-refractivity contribution in [3.05, 3.63) is 77.9 Å². The molecule has 1 aliphatic heterocycles. The molecule has 0 aliphatic carbocycles. The third-order valence-electron chi connectivity index (χ3n) is 5.16. The van der Waals surface area contributed by atoms with E-state index in [1.54, 1.807) is 0 Å². The van der Waals surface area contributed by atoms with Crippen LogP contribution in [-0.4, -0.2) is 17.6 Å². The summed E-state index contributed by atoms with van der Waals surface area (Å²) < 4.78 is 1.19. The van der Waals surface area contributed by atoms with Crippen LogP contribution in [0.4, 0.5) is 0 Å². The molecule has 2 aromatic rings. The minimum absolute atomic E-state index is 1.12. The molecule has 1 heterocycles. The van der Waals surface area contributed by atoms with E-state index >= 15 is 0 Å². The second-order valence-corrected chi connectivity index (χ2v) is 6.91. The van der Waals surface area contributed by atoms with Crippen LogP contribution in [0.15, 0.2) is 61.2 Å². The maximum absolute atomic E-state index is 4.00. The molecule has 0 atom stereocenters. The average Bonchev–Trinajstić information content (AvgIpc) is 2.82. The Morgan fingerprint density at radius 1 is 0.783 bits per heavy atom. The Hall–Kier alpha value is -1.86. The molecule has 1 fully saturated rings. The van der Waals surface area contributed by atoms with E-state index in [0.29, 0.717) is 0 Å². The van der Waals surface area contributed by atoms with E-state index in [-0.39, 0.29) is 0 Å². The first-order valence-electron chi connectivity index (χ1n) is 8.91. The molecular weight excluding hydrogens is 278 g/mol. The summed E-state index contributed by atoms with van der Waals surface area (Å²) in [5, 5.41) is 0. The molecule has 0 unspecified atom stereocenters. The van der Waals surface area contributed by atoms with Gasteiger partial charge in [-0.2, -0.15) is 0 Å². The maximum Gasteiger partial charge on any atom is 0.105 e. The Kier molecular flexibility index (Phi) is 5.30. The van der Waals surface area contributed by atoms with Crippen LogP contribution in [0.25, 0.3) is 6.08 Å². The van der Waals surface area contributed by atoms with Crippen LogP contribution in [-0.2, 0) is 13.1 Å². The van der Waals surface area contributed by atoms with Gasteiger partial charge in [0.25, 0.3) is 0 Å². The van der Waals surface area contributed by atoms with Crippen molar-refractivity contribution in [2.24, 2.45) is 0 Å². The molecule has 1 aliphatic rings. The fraction of sp³-hybridized carbons (Fsp3) is 0.364. The van der Waals surface area contributed by atoms with E-state index in [0.717, 1.165) is 13.1 Å². The Morgan fingerprint density at radius 2 is 1.43 bits per heavy atom. The molecule has 1 saturated heterocycles. The third-order valence-corrected chi connectivity index (χ3v) is 5.16. The highest BCUT2D eigenvalue weighted by Gasteiger charge is 2.29. The molecule has 0 spiro atoms. The molecule has 1 nitrogen and oxygen atoms in total. The van der Waals surface area contributed by atoms with E-state index in [2.05, 4.69) is 61.2 Å². The third kappa shape index (κ3) is 4.11. The summed E-state index contributed by atoms with van der Waals surface area (Å²) in [7, 11) is 0.